The first-order valence-electron chi connectivity index (χ1n) is 5.74. The highest BCUT2D eigenvalue weighted by Gasteiger charge is 2.05. The van der Waals surface area contributed by atoms with E-state index in [0.29, 0.717) is 22.5 Å². The SMILES string of the molecule is Cc1cnc(NC(=O)CCOc2ccc(Cl)cc2)s1. The van der Waals surface area contributed by atoms with Gasteiger partial charge in [0.25, 0.3) is 0 Å². The molecule has 1 heterocycles. The molecular formula is C13H13ClN2O2S. The number of thiazole rings is 1. The third-order valence-electron chi connectivity index (χ3n) is 2.28. The van der Waals surface area contributed by atoms with Crippen molar-refractivity contribution in [3.05, 3.63) is 40.4 Å². The molecule has 0 radical (unpaired) electrons. The van der Waals surface area contributed by atoms with E-state index in [9.17, 15) is 4.79 Å². The van der Waals surface area contributed by atoms with Crippen molar-refractivity contribution in [1.29, 1.82) is 0 Å². The summed E-state index contributed by atoms with van der Waals surface area (Å²) in [6.07, 6.45) is 2.01. The maximum absolute atomic E-state index is 11.6. The molecule has 0 aliphatic heterocycles. The second kappa shape index (κ2) is 6.54. The van der Waals surface area contributed by atoms with Crippen LogP contribution in [0.15, 0.2) is 30.5 Å². The Morgan fingerprint density at radius 1 is 1.42 bits per heavy atom. The Hall–Kier alpha value is -1.59. The Morgan fingerprint density at radius 2 is 2.16 bits per heavy atom. The van der Waals surface area contributed by atoms with Gasteiger partial charge in [-0.25, -0.2) is 4.98 Å². The summed E-state index contributed by atoms with van der Waals surface area (Å²) >= 11 is 7.21. The third kappa shape index (κ3) is 4.54. The summed E-state index contributed by atoms with van der Waals surface area (Å²) in [5.74, 6) is 0.589. The summed E-state index contributed by atoms with van der Waals surface area (Å²) in [4.78, 5) is 16.7. The molecule has 0 fully saturated rings. The van der Waals surface area contributed by atoms with Crippen LogP contribution in [0.3, 0.4) is 0 Å². The lowest BCUT2D eigenvalue weighted by molar-refractivity contribution is -0.116. The fourth-order valence-electron chi connectivity index (χ4n) is 1.39. The molecule has 0 unspecified atom stereocenters. The summed E-state index contributed by atoms with van der Waals surface area (Å²) in [7, 11) is 0. The van der Waals surface area contributed by atoms with E-state index in [2.05, 4.69) is 10.3 Å². The zero-order valence-electron chi connectivity index (χ0n) is 10.4. The fourth-order valence-corrected chi connectivity index (χ4v) is 2.19. The molecule has 1 aromatic carbocycles. The van der Waals surface area contributed by atoms with Crippen LogP contribution >= 0.6 is 22.9 Å². The first-order chi connectivity index (χ1) is 9.13. The van der Waals surface area contributed by atoms with Crippen molar-refractivity contribution in [1.82, 2.24) is 4.98 Å². The van der Waals surface area contributed by atoms with Gasteiger partial charge in [-0.3, -0.25) is 4.79 Å². The zero-order valence-corrected chi connectivity index (χ0v) is 11.9. The number of nitrogens with one attached hydrogen (secondary N) is 1. The number of hydrogen-bond acceptors (Lipinski definition) is 4. The van der Waals surface area contributed by atoms with Gasteiger partial charge in [0.05, 0.1) is 13.0 Å². The average Bonchev–Trinajstić information content (AvgIpc) is 2.77. The fraction of sp³-hybridized carbons (Fsp3) is 0.231. The second-order valence-corrected chi connectivity index (χ2v) is 5.55. The van der Waals surface area contributed by atoms with Gasteiger partial charge < -0.3 is 10.1 Å². The number of carbonyl (C=O) groups is 1. The van der Waals surface area contributed by atoms with Gasteiger partial charge in [0.1, 0.15) is 5.75 Å². The predicted molar refractivity (Wildman–Crippen MR) is 77.0 cm³/mol. The number of anilines is 1. The van der Waals surface area contributed by atoms with Crippen LogP contribution < -0.4 is 10.1 Å². The minimum absolute atomic E-state index is 0.108. The number of nitrogens with zero attached hydrogens (tertiary/aromatic N) is 1. The van der Waals surface area contributed by atoms with Crippen LogP contribution in [-0.2, 0) is 4.79 Å². The number of carbonyl (C=O) groups excluding carboxylic acids is 1. The highest BCUT2D eigenvalue weighted by atomic mass is 35.5. The predicted octanol–water partition coefficient (Wildman–Crippen LogP) is 3.51. The molecule has 0 bridgehead atoms. The molecule has 1 amide bonds. The van der Waals surface area contributed by atoms with E-state index < -0.39 is 0 Å². The first kappa shape index (κ1) is 13.8. The Bertz CT molecular complexity index is 554. The maximum atomic E-state index is 11.6. The minimum Gasteiger partial charge on any atom is -0.493 e. The summed E-state index contributed by atoms with van der Waals surface area (Å²) in [6, 6.07) is 7.03. The van der Waals surface area contributed by atoms with E-state index in [4.69, 9.17) is 16.3 Å². The highest BCUT2D eigenvalue weighted by Crippen LogP contribution is 2.17. The van der Waals surface area contributed by atoms with Gasteiger partial charge in [0.2, 0.25) is 5.91 Å². The van der Waals surface area contributed by atoms with Crippen LogP contribution in [0.5, 0.6) is 5.75 Å². The normalized spacial score (nSPS) is 10.2. The van der Waals surface area contributed by atoms with E-state index in [1.807, 2.05) is 6.92 Å². The van der Waals surface area contributed by atoms with E-state index in [1.54, 1.807) is 30.5 Å². The molecule has 4 nitrogen and oxygen atoms in total. The number of ether oxygens (including phenoxy) is 1. The zero-order chi connectivity index (χ0) is 13.7. The van der Waals surface area contributed by atoms with Gasteiger partial charge >= 0.3 is 0 Å². The number of rotatable bonds is 5. The largest absolute Gasteiger partial charge is 0.493 e. The minimum atomic E-state index is -0.108. The smallest absolute Gasteiger partial charge is 0.229 e. The van der Waals surface area contributed by atoms with Crippen LogP contribution in [0.1, 0.15) is 11.3 Å². The lowest BCUT2D eigenvalue weighted by atomic mass is 10.3. The average molecular weight is 297 g/mol. The van der Waals surface area contributed by atoms with Gasteiger partial charge in [-0.05, 0) is 31.2 Å². The van der Waals surface area contributed by atoms with Crippen LogP contribution in [-0.4, -0.2) is 17.5 Å². The topological polar surface area (TPSA) is 51.2 Å². The molecule has 1 N–H and O–H groups in total. The molecule has 0 aliphatic carbocycles. The molecule has 0 saturated heterocycles. The first-order valence-corrected chi connectivity index (χ1v) is 6.93. The van der Waals surface area contributed by atoms with Gasteiger partial charge in [-0.1, -0.05) is 11.6 Å². The number of aromatic nitrogens is 1. The van der Waals surface area contributed by atoms with Crippen molar-refractivity contribution in [2.75, 3.05) is 11.9 Å². The number of halogens is 1. The molecule has 2 rings (SSSR count). The molecule has 100 valence electrons. The summed E-state index contributed by atoms with van der Waals surface area (Å²) < 4.78 is 5.44. The summed E-state index contributed by atoms with van der Waals surface area (Å²) in [5, 5.41) is 4.00. The van der Waals surface area contributed by atoms with E-state index in [0.717, 1.165) is 4.88 Å². The Balaban J connectivity index is 1.73. The Morgan fingerprint density at radius 3 is 2.79 bits per heavy atom. The van der Waals surface area contributed by atoms with Crippen molar-refractivity contribution in [2.45, 2.75) is 13.3 Å². The third-order valence-corrected chi connectivity index (χ3v) is 3.36. The van der Waals surface area contributed by atoms with Gasteiger partial charge in [0, 0.05) is 16.1 Å². The molecule has 6 heteroatoms. The van der Waals surface area contributed by atoms with Gasteiger partial charge in [-0.15, -0.1) is 11.3 Å². The Labute approximate surface area is 120 Å². The van der Waals surface area contributed by atoms with E-state index in [-0.39, 0.29) is 12.3 Å². The number of aryl methyl sites for hydroxylation is 1. The Kier molecular flexibility index (Phi) is 4.76. The molecule has 0 saturated carbocycles. The lowest BCUT2D eigenvalue weighted by Crippen LogP contribution is -2.14. The maximum Gasteiger partial charge on any atom is 0.229 e. The molecule has 0 aliphatic rings. The van der Waals surface area contributed by atoms with Crippen LogP contribution in [0, 0.1) is 6.92 Å². The quantitative estimate of drug-likeness (QED) is 0.918. The standard InChI is InChI=1S/C13H13ClN2O2S/c1-9-8-15-13(19-9)16-12(17)6-7-18-11-4-2-10(14)3-5-11/h2-5,8H,6-7H2,1H3,(H,15,16,17). The molecular weight excluding hydrogens is 284 g/mol. The van der Waals surface area contributed by atoms with Crippen molar-refractivity contribution in [3.63, 3.8) is 0 Å². The monoisotopic (exact) mass is 296 g/mol. The molecule has 1 aromatic heterocycles. The van der Waals surface area contributed by atoms with Crippen molar-refractivity contribution >= 4 is 34.0 Å². The number of benzene rings is 1. The molecule has 0 atom stereocenters. The van der Waals surface area contributed by atoms with E-state index in [1.165, 1.54) is 11.3 Å². The second-order valence-electron chi connectivity index (χ2n) is 3.88. The molecule has 0 spiro atoms. The van der Waals surface area contributed by atoms with Gasteiger partial charge in [-0.2, -0.15) is 0 Å². The van der Waals surface area contributed by atoms with Crippen molar-refractivity contribution in [3.8, 4) is 5.75 Å². The number of hydrogen-bond donors (Lipinski definition) is 1. The molecule has 2 aromatic rings. The lowest BCUT2D eigenvalue weighted by Gasteiger charge is -2.05. The highest BCUT2D eigenvalue weighted by molar-refractivity contribution is 7.15. The van der Waals surface area contributed by atoms with Crippen molar-refractivity contribution < 1.29 is 9.53 Å². The van der Waals surface area contributed by atoms with Crippen LogP contribution in [0.25, 0.3) is 0 Å². The van der Waals surface area contributed by atoms with Gasteiger partial charge in [0.15, 0.2) is 5.13 Å². The summed E-state index contributed by atoms with van der Waals surface area (Å²) in [5.41, 5.74) is 0. The van der Waals surface area contributed by atoms with Crippen LogP contribution in [0.4, 0.5) is 5.13 Å². The number of amides is 1. The van der Waals surface area contributed by atoms with Crippen LogP contribution in [0.2, 0.25) is 5.02 Å². The summed E-state index contributed by atoms with van der Waals surface area (Å²) in [6.45, 7) is 2.26. The van der Waals surface area contributed by atoms with Crippen molar-refractivity contribution in [2.24, 2.45) is 0 Å². The van der Waals surface area contributed by atoms with E-state index >= 15 is 0 Å². The molecule has 19 heavy (non-hydrogen) atoms.